The van der Waals surface area contributed by atoms with Gasteiger partial charge in [0.05, 0.1) is 6.42 Å². The smallest absolute Gasteiger partial charge is 0.227 e. The first-order valence-electron chi connectivity index (χ1n) is 7.32. The molecule has 3 heteroatoms. The van der Waals surface area contributed by atoms with E-state index in [4.69, 9.17) is 0 Å². The molecule has 1 fully saturated rings. The molecule has 1 amide bonds. The largest absolute Gasteiger partial charge is 0.339 e. The Labute approximate surface area is 121 Å². The van der Waals surface area contributed by atoms with Crippen LogP contribution in [0.4, 0.5) is 0 Å². The zero-order valence-corrected chi connectivity index (χ0v) is 12.6. The Hall–Kier alpha value is -1.64. The summed E-state index contributed by atoms with van der Waals surface area (Å²) in [6, 6.07) is 6.33. The maximum atomic E-state index is 12.5. The van der Waals surface area contributed by atoms with Crippen LogP contribution in [0.25, 0.3) is 0 Å². The highest BCUT2D eigenvalue weighted by Crippen LogP contribution is 2.22. The fourth-order valence-electron chi connectivity index (χ4n) is 2.96. The molecule has 20 heavy (non-hydrogen) atoms. The second-order valence-electron chi connectivity index (χ2n) is 5.90. The Morgan fingerprint density at radius 2 is 2.05 bits per heavy atom. The molecule has 1 unspecified atom stereocenters. The summed E-state index contributed by atoms with van der Waals surface area (Å²) in [6.45, 7) is 6.48. The number of ketones is 1. The van der Waals surface area contributed by atoms with Crippen molar-refractivity contribution in [3.63, 3.8) is 0 Å². The summed E-state index contributed by atoms with van der Waals surface area (Å²) in [5.74, 6) is 0.323. The Morgan fingerprint density at radius 3 is 2.75 bits per heavy atom. The Kier molecular flexibility index (Phi) is 4.58. The minimum absolute atomic E-state index is 0.116. The molecule has 1 aliphatic heterocycles. The summed E-state index contributed by atoms with van der Waals surface area (Å²) < 4.78 is 0. The first kappa shape index (κ1) is 14.8. The third-order valence-electron chi connectivity index (χ3n) is 4.07. The standard InChI is InChI=1S/C17H23NO2/c1-12-6-7-13(2)15(9-12)11-17(20)18-8-4-5-16(18)10-14(3)19/h6-7,9,16H,4-5,8,10-11H2,1-3H3. The molecule has 0 N–H and O–H groups in total. The van der Waals surface area contributed by atoms with Crippen LogP contribution in [0.5, 0.6) is 0 Å². The second kappa shape index (κ2) is 6.21. The van der Waals surface area contributed by atoms with Crippen molar-refractivity contribution in [3.8, 4) is 0 Å². The van der Waals surface area contributed by atoms with Gasteiger partial charge in [0.25, 0.3) is 0 Å². The topological polar surface area (TPSA) is 37.4 Å². The molecule has 1 saturated heterocycles. The van der Waals surface area contributed by atoms with Gasteiger partial charge in [-0.05, 0) is 44.7 Å². The van der Waals surface area contributed by atoms with E-state index in [-0.39, 0.29) is 17.7 Å². The van der Waals surface area contributed by atoms with Crippen LogP contribution < -0.4 is 0 Å². The van der Waals surface area contributed by atoms with Crippen LogP contribution in [0.2, 0.25) is 0 Å². The van der Waals surface area contributed by atoms with E-state index in [1.807, 2.05) is 18.7 Å². The quantitative estimate of drug-likeness (QED) is 0.846. The van der Waals surface area contributed by atoms with Crippen molar-refractivity contribution in [1.82, 2.24) is 4.90 Å². The molecule has 108 valence electrons. The maximum absolute atomic E-state index is 12.5. The molecule has 0 spiro atoms. The van der Waals surface area contributed by atoms with E-state index in [0.29, 0.717) is 12.8 Å². The third-order valence-corrected chi connectivity index (χ3v) is 4.07. The van der Waals surface area contributed by atoms with Gasteiger partial charge in [-0.3, -0.25) is 9.59 Å². The maximum Gasteiger partial charge on any atom is 0.227 e. The summed E-state index contributed by atoms with van der Waals surface area (Å²) in [4.78, 5) is 25.7. The van der Waals surface area contributed by atoms with Crippen molar-refractivity contribution >= 4 is 11.7 Å². The van der Waals surface area contributed by atoms with Gasteiger partial charge in [0.2, 0.25) is 5.91 Å². The lowest BCUT2D eigenvalue weighted by atomic mass is 10.0. The van der Waals surface area contributed by atoms with E-state index in [1.54, 1.807) is 6.92 Å². The van der Waals surface area contributed by atoms with Gasteiger partial charge in [-0.2, -0.15) is 0 Å². The van der Waals surface area contributed by atoms with Crippen LogP contribution in [0.3, 0.4) is 0 Å². The summed E-state index contributed by atoms with van der Waals surface area (Å²) >= 11 is 0. The number of nitrogens with zero attached hydrogens (tertiary/aromatic N) is 1. The molecule has 0 aromatic heterocycles. The summed E-state index contributed by atoms with van der Waals surface area (Å²) in [5.41, 5.74) is 3.44. The molecule has 3 nitrogen and oxygen atoms in total. The summed E-state index contributed by atoms with van der Waals surface area (Å²) in [7, 11) is 0. The van der Waals surface area contributed by atoms with E-state index in [9.17, 15) is 9.59 Å². The first-order chi connectivity index (χ1) is 9.47. The number of hydrogen-bond acceptors (Lipinski definition) is 2. The van der Waals surface area contributed by atoms with E-state index < -0.39 is 0 Å². The highest BCUT2D eigenvalue weighted by atomic mass is 16.2. The zero-order valence-electron chi connectivity index (χ0n) is 12.6. The van der Waals surface area contributed by atoms with Crippen molar-refractivity contribution in [1.29, 1.82) is 0 Å². The van der Waals surface area contributed by atoms with Crippen LogP contribution in [-0.2, 0) is 16.0 Å². The Bertz CT molecular complexity index is 522. The summed E-state index contributed by atoms with van der Waals surface area (Å²) in [5, 5.41) is 0. The van der Waals surface area contributed by atoms with E-state index >= 15 is 0 Å². The highest BCUT2D eigenvalue weighted by molar-refractivity contribution is 5.81. The van der Waals surface area contributed by atoms with Gasteiger partial charge in [0, 0.05) is 19.0 Å². The van der Waals surface area contributed by atoms with Crippen LogP contribution in [0.15, 0.2) is 18.2 Å². The lowest BCUT2D eigenvalue weighted by molar-refractivity contribution is -0.132. The molecule has 0 saturated carbocycles. The van der Waals surface area contributed by atoms with Crippen LogP contribution in [0, 0.1) is 13.8 Å². The average molecular weight is 273 g/mol. The monoisotopic (exact) mass is 273 g/mol. The number of likely N-dealkylation sites (tertiary alicyclic amines) is 1. The molecule has 0 radical (unpaired) electrons. The number of carbonyl (C=O) groups excluding carboxylic acids is 2. The van der Waals surface area contributed by atoms with Crippen molar-refractivity contribution in [2.24, 2.45) is 0 Å². The molecule has 1 heterocycles. The lowest BCUT2D eigenvalue weighted by Gasteiger charge is -2.24. The second-order valence-corrected chi connectivity index (χ2v) is 5.90. The minimum Gasteiger partial charge on any atom is -0.339 e. The van der Waals surface area contributed by atoms with Crippen molar-refractivity contribution in [2.45, 2.75) is 52.5 Å². The number of benzene rings is 1. The molecule has 2 rings (SSSR count). The molecule has 1 aliphatic rings. The number of carbonyl (C=O) groups is 2. The predicted octanol–water partition coefficient (Wildman–Crippen LogP) is 2.82. The Balaban J connectivity index is 2.07. The fourth-order valence-corrected chi connectivity index (χ4v) is 2.96. The van der Waals surface area contributed by atoms with Gasteiger partial charge >= 0.3 is 0 Å². The van der Waals surface area contributed by atoms with Crippen LogP contribution >= 0.6 is 0 Å². The zero-order chi connectivity index (χ0) is 14.7. The third kappa shape index (κ3) is 3.47. The first-order valence-corrected chi connectivity index (χ1v) is 7.32. The predicted molar refractivity (Wildman–Crippen MR) is 79.7 cm³/mol. The molecule has 0 aliphatic carbocycles. The van der Waals surface area contributed by atoms with E-state index in [2.05, 4.69) is 18.2 Å². The van der Waals surface area contributed by atoms with Crippen molar-refractivity contribution in [2.75, 3.05) is 6.54 Å². The van der Waals surface area contributed by atoms with Crippen molar-refractivity contribution in [3.05, 3.63) is 34.9 Å². The van der Waals surface area contributed by atoms with Gasteiger partial charge in [0.1, 0.15) is 5.78 Å². The van der Waals surface area contributed by atoms with E-state index in [1.165, 1.54) is 5.56 Å². The molecule has 1 aromatic carbocycles. The van der Waals surface area contributed by atoms with Gasteiger partial charge in [-0.15, -0.1) is 0 Å². The van der Waals surface area contributed by atoms with Crippen molar-refractivity contribution < 1.29 is 9.59 Å². The Morgan fingerprint density at radius 1 is 1.30 bits per heavy atom. The molecular weight excluding hydrogens is 250 g/mol. The van der Waals surface area contributed by atoms with Gasteiger partial charge in [-0.25, -0.2) is 0 Å². The minimum atomic E-state index is 0.116. The molecule has 1 aromatic rings. The van der Waals surface area contributed by atoms with E-state index in [0.717, 1.165) is 30.5 Å². The highest BCUT2D eigenvalue weighted by Gasteiger charge is 2.29. The number of hydrogen-bond donors (Lipinski definition) is 0. The van der Waals surface area contributed by atoms with Crippen LogP contribution in [-0.4, -0.2) is 29.2 Å². The lowest BCUT2D eigenvalue weighted by Crippen LogP contribution is -2.37. The van der Waals surface area contributed by atoms with Gasteiger partial charge < -0.3 is 4.90 Å². The average Bonchev–Trinajstić information content (AvgIpc) is 2.81. The van der Waals surface area contributed by atoms with Crippen LogP contribution in [0.1, 0.15) is 42.9 Å². The number of Topliss-reactive ketones (excluding diaryl/α,β-unsaturated/α-hetero) is 1. The SMILES string of the molecule is CC(=O)CC1CCCN1C(=O)Cc1cc(C)ccc1C. The normalized spacial score (nSPS) is 18.4. The number of aryl methyl sites for hydroxylation is 2. The number of amides is 1. The number of rotatable bonds is 4. The van der Waals surface area contributed by atoms with Gasteiger partial charge in [0.15, 0.2) is 0 Å². The molecular formula is C17H23NO2. The molecule has 0 bridgehead atoms. The fraction of sp³-hybridized carbons (Fsp3) is 0.529. The molecule has 1 atom stereocenters. The van der Waals surface area contributed by atoms with Gasteiger partial charge in [-0.1, -0.05) is 23.8 Å². The summed E-state index contributed by atoms with van der Waals surface area (Å²) in [6.07, 6.45) is 2.91.